The van der Waals surface area contributed by atoms with Crippen LogP contribution in [0.2, 0.25) is 0 Å². The van der Waals surface area contributed by atoms with Crippen LogP contribution in [0, 0.1) is 0 Å². The van der Waals surface area contributed by atoms with Crippen molar-refractivity contribution >= 4 is 56.9 Å². The summed E-state index contributed by atoms with van der Waals surface area (Å²) >= 11 is 0. The number of hydrogen-bond donors (Lipinski definition) is 10. The third kappa shape index (κ3) is 37.0. The van der Waals surface area contributed by atoms with Crippen molar-refractivity contribution in [2.75, 3.05) is 324 Å². The standard InChI is InChI=1S/C18H33N4O.C17H31N4O.C17H30N3O2.C16H28N3O2.C16H28N3O/c1-22(2)11-9-21(10-12-22)8-4-14-23-13-3-5-16-15-17(19)6-7-18(16)20;1-21(2)10-7-20(8-11-21)9-13-22-12-3-4-15-14-16(18)5-6-17(15)19;1-20(8-12-22-13-9-20)7-3-11-21-10-2-4-15-14-16(18)5-6-17(15)19;1-19(7-11-21-12-8-19)6-10-20-9-2-3-14-13-15(17)4-5-16(14)18;1-19(8-2-3-9-19)10-12-20-11-4-5-14-13-15(17)6-7-16(14)18/h6-7,15H,3-5,8-14,19-20H2,1-2H3;5-6,14H,3-4,7-13,18-19H2,1-2H3;5-6,14H,2-4,7-13,18-19H2,1H3;4-5,13H,2-3,6-12,17-18H2,1H3;6-7,13H,2-5,8-12,17-18H2,1H3/q5*+1. The first-order chi connectivity index (χ1) is 51.7. The van der Waals surface area contributed by atoms with Crippen molar-refractivity contribution < 1.29 is 55.6 Å². The number of likely N-dealkylation sites (tertiary alicyclic amines) is 1. The van der Waals surface area contributed by atoms with Gasteiger partial charge in [0.05, 0.1) is 148 Å². The van der Waals surface area contributed by atoms with Crippen LogP contribution in [-0.4, -0.2) is 298 Å². The van der Waals surface area contributed by atoms with Crippen molar-refractivity contribution in [3.8, 4) is 0 Å². The molecule has 0 unspecified atom stereocenters. The molecule has 5 fully saturated rings. The second-order valence-electron chi connectivity index (χ2n) is 32.8. The minimum absolute atomic E-state index is 0.768. The number of rotatable bonds is 37. The van der Waals surface area contributed by atoms with Gasteiger partial charge in [-0.1, -0.05) is 0 Å². The number of nitrogens with two attached hydrogens (primary N) is 10. The van der Waals surface area contributed by atoms with Crippen LogP contribution in [-0.2, 0) is 65.3 Å². The third-order valence-corrected chi connectivity index (χ3v) is 22.2. The molecule has 5 aliphatic rings. The van der Waals surface area contributed by atoms with E-state index in [1.165, 1.54) is 89.3 Å². The Morgan fingerprint density at radius 1 is 0.287 bits per heavy atom. The highest BCUT2D eigenvalue weighted by molar-refractivity contribution is 5.58. The molecular weight excluding hydrogens is 1360 g/mol. The molecule has 0 radical (unpaired) electrons. The maximum atomic E-state index is 5.95. The zero-order valence-corrected chi connectivity index (χ0v) is 68.2. The molecule has 5 heterocycles. The first-order valence-electron chi connectivity index (χ1n) is 40.5. The Hall–Kier alpha value is -6.46. The predicted molar refractivity (Wildman–Crippen MR) is 451 cm³/mol. The number of quaternary nitrogens is 5. The zero-order chi connectivity index (χ0) is 78.1. The number of ether oxygens (including phenoxy) is 7. The van der Waals surface area contributed by atoms with Crippen LogP contribution in [0.15, 0.2) is 91.0 Å². The van der Waals surface area contributed by atoms with E-state index in [0.717, 1.165) is 325 Å². The van der Waals surface area contributed by atoms with Crippen LogP contribution in [0.25, 0.3) is 0 Å². The summed E-state index contributed by atoms with van der Waals surface area (Å²) in [6.45, 7) is 33.9. The van der Waals surface area contributed by atoms with E-state index in [2.05, 4.69) is 59.1 Å². The summed E-state index contributed by atoms with van der Waals surface area (Å²) in [5.41, 5.74) is 72.2. The number of nitrogens with zero attached hydrogens (tertiary/aromatic N) is 7. The van der Waals surface area contributed by atoms with Crippen molar-refractivity contribution in [3.63, 3.8) is 0 Å². The quantitative estimate of drug-likeness (QED) is 0.0103. The Morgan fingerprint density at radius 3 is 0.870 bits per heavy atom. The van der Waals surface area contributed by atoms with Gasteiger partial charge in [0.25, 0.3) is 0 Å². The lowest BCUT2D eigenvalue weighted by atomic mass is 10.1. The van der Waals surface area contributed by atoms with Gasteiger partial charge in [0, 0.05) is 155 Å². The van der Waals surface area contributed by atoms with Crippen LogP contribution in [0.4, 0.5) is 56.9 Å². The highest BCUT2D eigenvalue weighted by Gasteiger charge is 2.29. The lowest BCUT2D eigenvalue weighted by Gasteiger charge is -2.39. The Kier molecular flexibility index (Phi) is 40.5. The van der Waals surface area contributed by atoms with Crippen molar-refractivity contribution in [1.82, 2.24) is 9.80 Å². The number of morpholine rings is 2. The number of hydrogen-bond acceptors (Lipinski definition) is 19. The van der Waals surface area contributed by atoms with Gasteiger partial charge in [-0.15, -0.1) is 0 Å². The van der Waals surface area contributed by atoms with E-state index in [1.54, 1.807) is 0 Å². The van der Waals surface area contributed by atoms with Gasteiger partial charge in [-0.05, 0) is 189 Å². The van der Waals surface area contributed by atoms with E-state index in [-0.39, 0.29) is 0 Å². The number of benzene rings is 5. The molecule has 608 valence electrons. The van der Waals surface area contributed by atoms with Crippen molar-refractivity contribution in [2.24, 2.45) is 0 Å². The molecule has 0 saturated carbocycles. The van der Waals surface area contributed by atoms with Crippen LogP contribution in [0.5, 0.6) is 0 Å². The maximum Gasteiger partial charge on any atom is 0.102 e. The molecule has 24 heteroatoms. The van der Waals surface area contributed by atoms with Crippen LogP contribution in [0.1, 0.15) is 85.6 Å². The number of nitrogen functional groups attached to an aromatic ring is 10. The van der Waals surface area contributed by atoms with Crippen molar-refractivity contribution in [3.05, 3.63) is 119 Å². The summed E-state index contributed by atoms with van der Waals surface area (Å²) in [5, 5.41) is 0. The highest BCUT2D eigenvalue weighted by Crippen LogP contribution is 2.23. The molecule has 0 bridgehead atoms. The Balaban J connectivity index is 0.000000211. The van der Waals surface area contributed by atoms with Crippen molar-refractivity contribution in [2.45, 2.75) is 89.9 Å². The molecule has 5 aliphatic heterocycles. The average Bonchev–Trinajstić information content (AvgIpc) is 1.83. The zero-order valence-electron chi connectivity index (χ0n) is 68.2. The second-order valence-corrected chi connectivity index (χ2v) is 32.8. The summed E-state index contributed by atoms with van der Waals surface area (Å²) in [5.74, 6) is 0. The molecular formula is C84H150N17O7+5. The van der Waals surface area contributed by atoms with E-state index >= 15 is 0 Å². The van der Waals surface area contributed by atoms with Crippen molar-refractivity contribution in [1.29, 1.82) is 0 Å². The smallest absolute Gasteiger partial charge is 0.102 e. The molecule has 0 spiro atoms. The maximum absolute atomic E-state index is 5.95. The van der Waals surface area contributed by atoms with E-state index < -0.39 is 0 Å². The molecule has 0 amide bonds. The van der Waals surface area contributed by atoms with E-state index in [1.807, 2.05) is 91.0 Å². The summed E-state index contributed by atoms with van der Waals surface area (Å²) in [6, 6.07) is 28.4. The summed E-state index contributed by atoms with van der Waals surface area (Å²) in [6.07, 6.45) is 14.5. The van der Waals surface area contributed by atoms with Gasteiger partial charge in [-0.3, -0.25) is 9.80 Å². The Labute approximate surface area is 651 Å². The number of anilines is 10. The first kappa shape index (κ1) is 90.4. The summed E-state index contributed by atoms with van der Waals surface area (Å²) in [4.78, 5) is 5.06. The van der Waals surface area contributed by atoms with Gasteiger partial charge >= 0.3 is 0 Å². The molecule has 108 heavy (non-hydrogen) atoms. The molecule has 5 aromatic rings. The SMILES string of the molecule is C[N+]1(C)CCN(CCCOCCCc2cc(N)ccc2N)CC1.C[N+]1(C)CCN(CCOCCCc2cc(N)ccc2N)CC1.C[N+]1(CCCOCCCc2cc(N)ccc2N)CCOCC1.C[N+]1(CCOCCCc2cc(N)ccc2N)CCCC1.C[N+]1(CCOCCCc2cc(N)ccc2N)CCOCC1. The van der Waals surface area contributed by atoms with Gasteiger partial charge in [0.2, 0.25) is 0 Å². The van der Waals surface area contributed by atoms with Gasteiger partial charge in [0.15, 0.2) is 0 Å². The topological polar surface area (TPSA) is 331 Å². The molecule has 20 N–H and O–H groups in total. The largest absolute Gasteiger partial charge is 0.399 e. The fourth-order valence-corrected chi connectivity index (χ4v) is 14.1. The van der Waals surface area contributed by atoms with Crippen LogP contribution in [0.3, 0.4) is 0 Å². The molecule has 5 aromatic carbocycles. The number of likely N-dealkylation sites (N-methyl/N-ethyl adjacent to an activating group) is 5. The third-order valence-electron chi connectivity index (χ3n) is 22.2. The predicted octanol–water partition coefficient (Wildman–Crippen LogP) is 7.76. The molecule has 0 aliphatic carbocycles. The van der Waals surface area contributed by atoms with Gasteiger partial charge in [-0.25, -0.2) is 0 Å². The first-order valence-corrected chi connectivity index (χ1v) is 40.5. The molecule has 10 rings (SSSR count). The van der Waals surface area contributed by atoms with Crippen LogP contribution < -0.4 is 57.3 Å². The summed E-state index contributed by atoms with van der Waals surface area (Å²) in [7, 11) is 16.2. The highest BCUT2D eigenvalue weighted by atomic mass is 16.5. The lowest BCUT2D eigenvalue weighted by molar-refractivity contribution is -0.917. The number of aryl methyl sites for hydroxylation is 5. The minimum atomic E-state index is 0.768. The van der Waals surface area contributed by atoms with Gasteiger partial charge < -0.3 is 113 Å². The van der Waals surface area contributed by atoms with E-state index in [9.17, 15) is 0 Å². The van der Waals surface area contributed by atoms with E-state index in [0.29, 0.717) is 0 Å². The lowest BCUT2D eigenvalue weighted by Crippen LogP contribution is -2.55. The van der Waals surface area contributed by atoms with E-state index in [4.69, 9.17) is 90.5 Å². The Morgan fingerprint density at radius 2 is 0.546 bits per heavy atom. The van der Waals surface area contributed by atoms with Gasteiger partial charge in [0.1, 0.15) is 39.3 Å². The summed E-state index contributed by atoms with van der Waals surface area (Å²) < 4.78 is 45.3. The fourth-order valence-electron chi connectivity index (χ4n) is 14.1. The number of piperazine rings is 2. The minimum Gasteiger partial charge on any atom is -0.399 e. The average molecular weight is 1510 g/mol. The monoisotopic (exact) mass is 1510 g/mol. The second kappa shape index (κ2) is 48.3. The molecule has 0 aromatic heterocycles. The fraction of sp³-hybridized carbons (Fsp3) is 0.643. The van der Waals surface area contributed by atoms with Gasteiger partial charge in [-0.2, -0.15) is 0 Å². The molecule has 0 atom stereocenters. The normalized spacial score (nSPS) is 17.9. The Bertz CT molecular complexity index is 3270. The molecule has 5 saturated heterocycles. The van der Waals surface area contributed by atoms with Crippen LogP contribution >= 0.6 is 0 Å². The molecule has 24 nitrogen and oxygen atoms in total.